The van der Waals surface area contributed by atoms with Crippen LogP contribution in [-0.4, -0.2) is 26.1 Å². The Morgan fingerprint density at radius 3 is 2.84 bits per heavy atom. The summed E-state index contributed by atoms with van der Waals surface area (Å²) >= 11 is 6.24. The van der Waals surface area contributed by atoms with Gasteiger partial charge in [0.05, 0.1) is 29.2 Å². The number of hydrogen-bond donors (Lipinski definition) is 1. The van der Waals surface area contributed by atoms with E-state index < -0.39 is 0 Å². The van der Waals surface area contributed by atoms with Gasteiger partial charge < -0.3 is 5.32 Å². The van der Waals surface area contributed by atoms with Crippen LogP contribution in [0.4, 0.5) is 0 Å². The van der Waals surface area contributed by atoms with E-state index in [1.54, 1.807) is 0 Å². The fourth-order valence-corrected chi connectivity index (χ4v) is 2.22. The topological polar surface area (TPSA) is 47.7 Å². The van der Waals surface area contributed by atoms with E-state index in [1.165, 1.54) is 5.56 Å². The fourth-order valence-electron chi connectivity index (χ4n) is 2.00. The van der Waals surface area contributed by atoms with Gasteiger partial charge >= 0.3 is 0 Å². The molecular formula is C13H20ClN5. The van der Waals surface area contributed by atoms with Gasteiger partial charge in [0.15, 0.2) is 0 Å². The molecule has 0 saturated heterocycles. The van der Waals surface area contributed by atoms with E-state index in [1.807, 2.05) is 35.7 Å². The van der Waals surface area contributed by atoms with Gasteiger partial charge in [-0.2, -0.15) is 10.2 Å². The van der Waals surface area contributed by atoms with Crippen molar-refractivity contribution >= 4 is 11.6 Å². The zero-order valence-corrected chi connectivity index (χ0v) is 12.4. The standard InChI is InChI=1S/C13H20ClN5/c1-4-5-15-6-11-7-16-19(8-11)9-12-13(14)10(2)17-18(12)3/h7-8,15H,4-6,9H2,1-3H3. The lowest BCUT2D eigenvalue weighted by Gasteiger charge is -2.03. The van der Waals surface area contributed by atoms with Gasteiger partial charge in [0.2, 0.25) is 0 Å². The third-order valence-corrected chi connectivity index (χ3v) is 3.51. The van der Waals surface area contributed by atoms with Crippen LogP contribution >= 0.6 is 11.6 Å². The van der Waals surface area contributed by atoms with Crippen LogP contribution in [0.15, 0.2) is 12.4 Å². The van der Waals surface area contributed by atoms with Crippen molar-refractivity contribution in [3.05, 3.63) is 34.4 Å². The van der Waals surface area contributed by atoms with Gasteiger partial charge in [0, 0.05) is 25.4 Å². The van der Waals surface area contributed by atoms with Crippen molar-refractivity contribution in [3.63, 3.8) is 0 Å². The molecule has 2 aromatic rings. The van der Waals surface area contributed by atoms with E-state index in [-0.39, 0.29) is 0 Å². The van der Waals surface area contributed by atoms with Crippen molar-refractivity contribution in [1.29, 1.82) is 0 Å². The summed E-state index contributed by atoms with van der Waals surface area (Å²) in [5, 5.41) is 12.7. The molecule has 0 spiro atoms. The lowest BCUT2D eigenvalue weighted by molar-refractivity contribution is 0.617. The fraction of sp³-hybridized carbons (Fsp3) is 0.538. The van der Waals surface area contributed by atoms with E-state index in [0.717, 1.165) is 35.9 Å². The number of nitrogens with one attached hydrogen (secondary N) is 1. The molecule has 104 valence electrons. The van der Waals surface area contributed by atoms with E-state index in [4.69, 9.17) is 11.6 Å². The minimum atomic E-state index is 0.643. The quantitative estimate of drug-likeness (QED) is 0.825. The van der Waals surface area contributed by atoms with Crippen molar-refractivity contribution in [1.82, 2.24) is 24.9 Å². The number of aromatic nitrogens is 4. The number of nitrogens with zero attached hydrogens (tertiary/aromatic N) is 4. The smallest absolute Gasteiger partial charge is 0.0866 e. The van der Waals surface area contributed by atoms with Crippen LogP contribution in [0.3, 0.4) is 0 Å². The Morgan fingerprint density at radius 1 is 1.42 bits per heavy atom. The van der Waals surface area contributed by atoms with E-state index >= 15 is 0 Å². The molecule has 1 N–H and O–H groups in total. The normalized spacial score (nSPS) is 11.2. The summed E-state index contributed by atoms with van der Waals surface area (Å²) < 4.78 is 3.71. The second-order valence-electron chi connectivity index (χ2n) is 4.69. The van der Waals surface area contributed by atoms with Gasteiger partial charge in [0.1, 0.15) is 0 Å². The van der Waals surface area contributed by atoms with Gasteiger partial charge in [-0.25, -0.2) is 0 Å². The Labute approximate surface area is 118 Å². The van der Waals surface area contributed by atoms with Crippen LogP contribution in [0.5, 0.6) is 0 Å². The average Bonchev–Trinajstić information content (AvgIpc) is 2.91. The molecule has 0 atom stereocenters. The van der Waals surface area contributed by atoms with Crippen molar-refractivity contribution < 1.29 is 0 Å². The Morgan fingerprint density at radius 2 is 2.21 bits per heavy atom. The maximum absolute atomic E-state index is 6.24. The Hall–Kier alpha value is -1.33. The highest BCUT2D eigenvalue weighted by atomic mass is 35.5. The van der Waals surface area contributed by atoms with Crippen LogP contribution < -0.4 is 5.32 Å². The summed E-state index contributed by atoms with van der Waals surface area (Å²) in [6.45, 7) is 6.59. The van der Waals surface area contributed by atoms with Gasteiger partial charge in [-0.05, 0) is 19.9 Å². The molecule has 0 unspecified atom stereocenters. The van der Waals surface area contributed by atoms with Crippen molar-refractivity contribution in [2.24, 2.45) is 7.05 Å². The zero-order valence-electron chi connectivity index (χ0n) is 11.6. The molecule has 0 aliphatic heterocycles. The van der Waals surface area contributed by atoms with Crippen LogP contribution in [0.25, 0.3) is 0 Å². The molecule has 0 bridgehead atoms. The predicted octanol–water partition coefficient (Wildman–Crippen LogP) is 2.13. The molecule has 2 rings (SSSR count). The lowest BCUT2D eigenvalue weighted by Crippen LogP contribution is -2.13. The van der Waals surface area contributed by atoms with E-state index in [0.29, 0.717) is 6.54 Å². The Kier molecular flexibility index (Phi) is 4.61. The Bertz CT molecular complexity index is 543. The minimum absolute atomic E-state index is 0.643. The van der Waals surface area contributed by atoms with E-state index in [9.17, 15) is 0 Å². The highest BCUT2D eigenvalue weighted by Crippen LogP contribution is 2.20. The summed E-state index contributed by atoms with van der Waals surface area (Å²) in [4.78, 5) is 0. The molecule has 2 aromatic heterocycles. The molecular weight excluding hydrogens is 262 g/mol. The molecule has 0 fully saturated rings. The van der Waals surface area contributed by atoms with Crippen LogP contribution in [0.1, 0.15) is 30.3 Å². The van der Waals surface area contributed by atoms with Gasteiger partial charge in [-0.3, -0.25) is 9.36 Å². The molecule has 6 heteroatoms. The zero-order chi connectivity index (χ0) is 13.8. The minimum Gasteiger partial charge on any atom is -0.313 e. The maximum Gasteiger partial charge on any atom is 0.0866 e. The SMILES string of the molecule is CCCNCc1cnn(Cc2c(Cl)c(C)nn2C)c1. The summed E-state index contributed by atoms with van der Waals surface area (Å²) in [6.07, 6.45) is 5.07. The van der Waals surface area contributed by atoms with Gasteiger partial charge in [-0.1, -0.05) is 18.5 Å². The van der Waals surface area contributed by atoms with Crippen LogP contribution in [0, 0.1) is 6.92 Å². The first-order valence-electron chi connectivity index (χ1n) is 6.51. The molecule has 5 nitrogen and oxygen atoms in total. The van der Waals surface area contributed by atoms with Crippen LogP contribution in [-0.2, 0) is 20.1 Å². The molecule has 0 radical (unpaired) electrons. The number of aryl methyl sites for hydroxylation is 2. The molecule has 0 saturated carbocycles. The highest BCUT2D eigenvalue weighted by molar-refractivity contribution is 6.31. The van der Waals surface area contributed by atoms with Crippen LogP contribution in [0.2, 0.25) is 5.02 Å². The maximum atomic E-state index is 6.24. The monoisotopic (exact) mass is 281 g/mol. The summed E-state index contributed by atoms with van der Waals surface area (Å²) in [7, 11) is 1.90. The number of halogens is 1. The second kappa shape index (κ2) is 6.21. The lowest BCUT2D eigenvalue weighted by atomic mass is 10.3. The third-order valence-electron chi connectivity index (χ3n) is 3.02. The van der Waals surface area contributed by atoms with Crippen molar-refractivity contribution in [2.45, 2.75) is 33.4 Å². The predicted molar refractivity (Wildman–Crippen MR) is 76.3 cm³/mol. The van der Waals surface area contributed by atoms with E-state index in [2.05, 4.69) is 22.4 Å². The number of hydrogen-bond acceptors (Lipinski definition) is 3. The summed E-state index contributed by atoms with van der Waals surface area (Å²) in [6, 6.07) is 0. The molecule has 0 aromatic carbocycles. The first-order chi connectivity index (χ1) is 9.11. The second-order valence-corrected chi connectivity index (χ2v) is 5.07. The molecule has 2 heterocycles. The first-order valence-corrected chi connectivity index (χ1v) is 6.89. The van der Waals surface area contributed by atoms with Gasteiger partial charge in [0.25, 0.3) is 0 Å². The highest BCUT2D eigenvalue weighted by Gasteiger charge is 2.11. The third kappa shape index (κ3) is 3.36. The van der Waals surface area contributed by atoms with Gasteiger partial charge in [-0.15, -0.1) is 0 Å². The summed E-state index contributed by atoms with van der Waals surface area (Å²) in [5.41, 5.74) is 3.02. The molecule has 0 aliphatic rings. The first kappa shape index (κ1) is 14.1. The molecule has 0 amide bonds. The van der Waals surface area contributed by atoms with Crippen molar-refractivity contribution in [3.8, 4) is 0 Å². The largest absolute Gasteiger partial charge is 0.313 e. The number of rotatable bonds is 6. The Balaban J connectivity index is 2.03. The molecule has 0 aliphatic carbocycles. The molecule has 19 heavy (non-hydrogen) atoms. The van der Waals surface area contributed by atoms with Crippen molar-refractivity contribution in [2.75, 3.05) is 6.54 Å². The average molecular weight is 282 g/mol. The summed E-state index contributed by atoms with van der Waals surface area (Å²) in [5.74, 6) is 0.